The van der Waals surface area contributed by atoms with E-state index in [2.05, 4.69) is 179 Å². The highest BCUT2D eigenvalue weighted by molar-refractivity contribution is 5.99. The van der Waals surface area contributed by atoms with Crippen molar-refractivity contribution >= 4 is 10.8 Å². The number of hydrogen-bond donors (Lipinski definition) is 0. The first kappa shape index (κ1) is 30.7. The van der Waals surface area contributed by atoms with Gasteiger partial charge in [-0.2, -0.15) is 0 Å². The Morgan fingerprint density at radius 1 is 0.346 bits per heavy atom. The summed E-state index contributed by atoms with van der Waals surface area (Å²) in [6.45, 7) is 9.37. The second-order valence-corrected chi connectivity index (χ2v) is 15.4. The molecule has 0 bridgehead atoms. The Balaban J connectivity index is 1.13. The van der Waals surface area contributed by atoms with E-state index in [-0.39, 0.29) is 10.8 Å². The van der Waals surface area contributed by atoms with Gasteiger partial charge in [0.05, 0.1) is 11.4 Å². The lowest BCUT2D eigenvalue weighted by Gasteiger charge is -2.22. The van der Waals surface area contributed by atoms with Gasteiger partial charge in [0.2, 0.25) is 0 Å². The number of benzene rings is 7. The van der Waals surface area contributed by atoms with Crippen LogP contribution in [0.15, 0.2) is 158 Å². The predicted molar refractivity (Wildman–Crippen MR) is 216 cm³/mol. The van der Waals surface area contributed by atoms with Crippen LogP contribution in [0, 0.1) is 0 Å². The van der Waals surface area contributed by atoms with E-state index in [1.165, 1.54) is 66.4 Å². The van der Waals surface area contributed by atoms with E-state index in [0.717, 1.165) is 33.9 Å². The molecule has 0 aliphatic heterocycles. The SMILES string of the molecule is CC1(C)c2ccccc2-c2c(-c3ccc(-c4cc(-c5cccc6c5-c5cc7ccccc7cc5C6(C)C)nc(-c5ccccc5)n4)cc3)cccc21. The van der Waals surface area contributed by atoms with E-state index >= 15 is 0 Å². The maximum atomic E-state index is 5.29. The number of rotatable bonds is 4. The lowest BCUT2D eigenvalue weighted by atomic mass is 9.81. The summed E-state index contributed by atoms with van der Waals surface area (Å²) >= 11 is 0. The van der Waals surface area contributed by atoms with E-state index in [1.807, 2.05) is 6.07 Å². The molecule has 1 heterocycles. The van der Waals surface area contributed by atoms with Crippen molar-refractivity contribution in [3.63, 3.8) is 0 Å². The van der Waals surface area contributed by atoms with Crippen molar-refractivity contribution in [1.82, 2.24) is 9.97 Å². The molecule has 0 fully saturated rings. The Kier molecular flexibility index (Phi) is 6.60. The molecule has 2 heteroatoms. The van der Waals surface area contributed by atoms with Gasteiger partial charge in [-0.1, -0.05) is 167 Å². The van der Waals surface area contributed by atoms with Crippen LogP contribution in [-0.4, -0.2) is 9.97 Å². The third-order valence-corrected chi connectivity index (χ3v) is 11.7. The van der Waals surface area contributed by atoms with Crippen molar-refractivity contribution in [3.05, 3.63) is 180 Å². The average molecular weight is 667 g/mol. The van der Waals surface area contributed by atoms with Crippen LogP contribution in [0.4, 0.5) is 0 Å². The Hall–Kier alpha value is -6.12. The zero-order valence-electron chi connectivity index (χ0n) is 29.9. The third kappa shape index (κ3) is 4.50. The van der Waals surface area contributed by atoms with Crippen molar-refractivity contribution in [2.75, 3.05) is 0 Å². The first-order chi connectivity index (χ1) is 25.3. The summed E-state index contributed by atoms with van der Waals surface area (Å²) in [6, 6.07) is 57.3. The summed E-state index contributed by atoms with van der Waals surface area (Å²) in [5.74, 6) is 0.727. The van der Waals surface area contributed by atoms with Crippen LogP contribution >= 0.6 is 0 Å². The highest BCUT2D eigenvalue weighted by atomic mass is 14.9. The van der Waals surface area contributed by atoms with E-state index in [9.17, 15) is 0 Å². The molecule has 2 aliphatic rings. The van der Waals surface area contributed by atoms with E-state index in [0.29, 0.717) is 0 Å². The van der Waals surface area contributed by atoms with Crippen molar-refractivity contribution in [2.45, 2.75) is 38.5 Å². The molecule has 0 saturated heterocycles. The maximum absolute atomic E-state index is 5.29. The fraction of sp³-hybridized carbons (Fsp3) is 0.120. The van der Waals surface area contributed by atoms with Gasteiger partial charge in [0.15, 0.2) is 5.82 Å². The number of aromatic nitrogens is 2. The van der Waals surface area contributed by atoms with Crippen molar-refractivity contribution in [2.24, 2.45) is 0 Å². The average Bonchev–Trinajstić information content (AvgIpc) is 3.56. The van der Waals surface area contributed by atoms with Crippen LogP contribution in [0.5, 0.6) is 0 Å². The van der Waals surface area contributed by atoms with Gasteiger partial charge in [-0.05, 0) is 84.6 Å². The summed E-state index contributed by atoms with van der Waals surface area (Å²) in [7, 11) is 0. The summed E-state index contributed by atoms with van der Waals surface area (Å²) in [5.41, 5.74) is 18.1. The van der Waals surface area contributed by atoms with Gasteiger partial charge in [-0.15, -0.1) is 0 Å². The number of fused-ring (bicyclic) bond motifs is 7. The molecular weight excluding hydrogens is 629 g/mol. The Morgan fingerprint density at radius 2 is 0.885 bits per heavy atom. The minimum absolute atomic E-state index is 0.0342. The summed E-state index contributed by atoms with van der Waals surface area (Å²) in [4.78, 5) is 10.5. The lowest BCUT2D eigenvalue weighted by molar-refractivity contribution is 0.660. The standard InChI is InChI=1S/C50H38N2/c1-49(2)40-21-11-10-18-37(40)46-36(19-12-22-41(46)49)31-24-26-32(27-25-31)44-30-45(52-48(51-44)33-14-6-5-7-15-33)38-20-13-23-42-47(38)39-28-34-16-8-9-17-35(34)29-43(39)50(42,3)4/h5-30H,1-4H3. The Bertz CT molecular complexity index is 2720. The predicted octanol–water partition coefficient (Wildman–Crippen LogP) is 12.9. The fourth-order valence-electron chi connectivity index (χ4n) is 8.95. The highest BCUT2D eigenvalue weighted by Gasteiger charge is 2.38. The molecule has 10 rings (SSSR count). The second kappa shape index (κ2) is 11.2. The molecule has 52 heavy (non-hydrogen) atoms. The largest absolute Gasteiger partial charge is 0.228 e. The second-order valence-electron chi connectivity index (χ2n) is 15.4. The van der Waals surface area contributed by atoms with Gasteiger partial charge in [0.1, 0.15) is 0 Å². The van der Waals surface area contributed by atoms with Crippen molar-refractivity contribution in [3.8, 4) is 67.3 Å². The molecule has 0 radical (unpaired) electrons. The third-order valence-electron chi connectivity index (χ3n) is 11.7. The molecule has 1 aromatic heterocycles. The van der Waals surface area contributed by atoms with Gasteiger partial charge in [0.25, 0.3) is 0 Å². The molecule has 2 nitrogen and oxygen atoms in total. The Labute approximate surface area is 305 Å². The number of hydrogen-bond acceptors (Lipinski definition) is 2. The molecule has 0 N–H and O–H groups in total. The molecule has 8 aromatic rings. The minimum Gasteiger partial charge on any atom is -0.228 e. The zero-order chi connectivity index (χ0) is 35.2. The van der Waals surface area contributed by atoms with Crippen LogP contribution in [-0.2, 0) is 10.8 Å². The summed E-state index contributed by atoms with van der Waals surface area (Å²) in [6.07, 6.45) is 0. The molecular formula is C50H38N2. The van der Waals surface area contributed by atoms with Crippen LogP contribution in [0.2, 0.25) is 0 Å². The molecule has 0 amide bonds. The smallest absolute Gasteiger partial charge is 0.160 e. The van der Waals surface area contributed by atoms with Gasteiger partial charge in [-0.3, -0.25) is 0 Å². The van der Waals surface area contributed by atoms with Crippen LogP contribution in [0.25, 0.3) is 78.1 Å². The minimum atomic E-state index is -0.133. The first-order valence-corrected chi connectivity index (χ1v) is 18.3. The van der Waals surface area contributed by atoms with E-state index in [4.69, 9.17) is 9.97 Å². The highest BCUT2D eigenvalue weighted by Crippen LogP contribution is 2.54. The normalized spacial score (nSPS) is 14.5. The molecule has 0 unspecified atom stereocenters. The molecule has 0 atom stereocenters. The zero-order valence-corrected chi connectivity index (χ0v) is 29.9. The number of nitrogens with zero attached hydrogens (tertiary/aromatic N) is 2. The van der Waals surface area contributed by atoms with Crippen LogP contribution < -0.4 is 0 Å². The molecule has 0 spiro atoms. The first-order valence-electron chi connectivity index (χ1n) is 18.3. The maximum Gasteiger partial charge on any atom is 0.160 e. The fourth-order valence-corrected chi connectivity index (χ4v) is 8.95. The molecule has 2 aliphatic carbocycles. The molecule has 248 valence electrons. The topological polar surface area (TPSA) is 25.8 Å². The van der Waals surface area contributed by atoms with Gasteiger partial charge >= 0.3 is 0 Å². The van der Waals surface area contributed by atoms with Crippen molar-refractivity contribution < 1.29 is 0 Å². The lowest BCUT2D eigenvalue weighted by Crippen LogP contribution is -2.14. The quantitative estimate of drug-likeness (QED) is 0.187. The van der Waals surface area contributed by atoms with Gasteiger partial charge < -0.3 is 0 Å². The molecule has 0 saturated carbocycles. The van der Waals surface area contributed by atoms with Gasteiger partial charge in [0, 0.05) is 27.5 Å². The van der Waals surface area contributed by atoms with Crippen molar-refractivity contribution in [1.29, 1.82) is 0 Å². The van der Waals surface area contributed by atoms with Crippen LogP contribution in [0.1, 0.15) is 49.9 Å². The van der Waals surface area contributed by atoms with E-state index < -0.39 is 0 Å². The monoisotopic (exact) mass is 666 g/mol. The molecule has 7 aromatic carbocycles. The summed E-state index contributed by atoms with van der Waals surface area (Å²) < 4.78 is 0. The van der Waals surface area contributed by atoms with E-state index in [1.54, 1.807) is 0 Å². The van der Waals surface area contributed by atoms with Crippen LogP contribution in [0.3, 0.4) is 0 Å². The Morgan fingerprint density at radius 3 is 1.63 bits per heavy atom. The van der Waals surface area contributed by atoms with Gasteiger partial charge in [-0.25, -0.2) is 9.97 Å². The summed E-state index contributed by atoms with van der Waals surface area (Å²) in [5, 5.41) is 2.53.